The molecule has 5 nitrogen and oxygen atoms in total. The third kappa shape index (κ3) is 2.95. The Morgan fingerprint density at radius 1 is 1.17 bits per heavy atom. The summed E-state index contributed by atoms with van der Waals surface area (Å²) in [7, 11) is 0. The van der Waals surface area contributed by atoms with E-state index in [1.165, 1.54) is 0 Å². The van der Waals surface area contributed by atoms with Gasteiger partial charge >= 0.3 is 0 Å². The molecule has 1 aliphatic rings. The van der Waals surface area contributed by atoms with Gasteiger partial charge in [-0.05, 0) is 43.3 Å². The van der Waals surface area contributed by atoms with Gasteiger partial charge in [0.15, 0.2) is 5.82 Å². The van der Waals surface area contributed by atoms with Crippen LogP contribution in [-0.4, -0.2) is 34.2 Å². The van der Waals surface area contributed by atoms with E-state index in [1.54, 1.807) is 12.1 Å². The molecule has 1 fully saturated rings. The van der Waals surface area contributed by atoms with Gasteiger partial charge in [0, 0.05) is 22.4 Å². The van der Waals surface area contributed by atoms with Crippen LogP contribution in [0.25, 0.3) is 22.3 Å². The minimum Gasteiger partial charge on any atom is -0.507 e. The number of fused-ring (bicyclic) bond motifs is 1. The number of halogens is 1. The normalized spacial score (nSPS) is 17.3. The molecule has 0 aliphatic carbocycles. The smallest absolute Gasteiger partial charge is 0.165 e. The molecule has 6 heteroatoms. The lowest BCUT2D eigenvalue weighted by Crippen LogP contribution is -2.23. The highest BCUT2D eigenvalue weighted by atomic mass is 79.9. The zero-order chi connectivity index (χ0) is 16.5. The highest BCUT2D eigenvalue weighted by Gasteiger charge is 2.18. The number of phenols is 1. The second-order valence-electron chi connectivity index (χ2n) is 5.91. The number of anilines is 1. The van der Waals surface area contributed by atoms with Crippen LogP contribution in [0.4, 0.5) is 5.82 Å². The van der Waals surface area contributed by atoms with Crippen molar-refractivity contribution in [3.05, 3.63) is 46.9 Å². The Bertz CT molecular complexity index is 893. The van der Waals surface area contributed by atoms with Crippen LogP contribution in [0.5, 0.6) is 5.75 Å². The number of rotatable bonds is 3. The van der Waals surface area contributed by atoms with Gasteiger partial charge in [0.05, 0.1) is 11.1 Å². The number of aromatic hydroxyl groups is 1. The van der Waals surface area contributed by atoms with E-state index in [0.717, 1.165) is 40.7 Å². The Labute approximate surface area is 148 Å². The van der Waals surface area contributed by atoms with Gasteiger partial charge in [-0.15, -0.1) is 0 Å². The third-order valence-electron chi connectivity index (χ3n) is 4.20. The third-order valence-corrected chi connectivity index (χ3v) is 4.70. The quantitative estimate of drug-likeness (QED) is 0.644. The van der Waals surface area contributed by atoms with E-state index in [0.29, 0.717) is 17.4 Å². The molecule has 3 N–H and O–H groups in total. The summed E-state index contributed by atoms with van der Waals surface area (Å²) in [6.45, 7) is 1.93. The van der Waals surface area contributed by atoms with Crippen molar-refractivity contribution in [1.82, 2.24) is 15.3 Å². The molecule has 4 rings (SSSR count). The van der Waals surface area contributed by atoms with Crippen LogP contribution in [0.3, 0.4) is 0 Å². The van der Waals surface area contributed by atoms with Gasteiger partial charge in [0.2, 0.25) is 0 Å². The number of nitrogens with one attached hydrogen (secondary N) is 2. The SMILES string of the molecule is Oc1ccccc1-c1nc(N[C@H]2CCNC2)c2cc(Br)ccc2n1. The number of aromatic nitrogens is 2. The van der Waals surface area contributed by atoms with Gasteiger partial charge in [-0.2, -0.15) is 0 Å². The molecule has 24 heavy (non-hydrogen) atoms. The van der Waals surface area contributed by atoms with Crippen LogP contribution in [0.2, 0.25) is 0 Å². The largest absolute Gasteiger partial charge is 0.507 e. The van der Waals surface area contributed by atoms with Crippen molar-refractivity contribution in [1.29, 1.82) is 0 Å². The lowest BCUT2D eigenvalue weighted by molar-refractivity contribution is 0.477. The van der Waals surface area contributed by atoms with E-state index < -0.39 is 0 Å². The first-order chi connectivity index (χ1) is 11.7. The second-order valence-corrected chi connectivity index (χ2v) is 6.82. The van der Waals surface area contributed by atoms with Gasteiger partial charge < -0.3 is 15.7 Å². The summed E-state index contributed by atoms with van der Waals surface area (Å²) in [4.78, 5) is 9.34. The van der Waals surface area contributed by atoms with Gasteiger partial charge in [-0.3, -0.25) is 0 Å². The highest BCUT2D eigenvalue weighted by molar-refractivity contribution is 9.10. The minimum absolute atomic E-state index is 0.183. The molecular weight excluding hydrogens is 368 g/mol. The summed E-state index contributed by atoms with van der Waals surface area (Å²) < 4.78 is 0.988. The van der Waals surface area contributed by atoms with Crippen LogP contribution in [0.15, 0.2) is 46.9 Å². The number of hydrogen-bond acceptors (Lipinski definition) is 5. The van der Waals surface area contributed by atoms with Gasteiger partial charge in [0.1, 0.15) is 11.6 Å². The van der Waals surface area contributed by atoms with Crippen LogP contribution in [0.1, 0.15) is 6.42 Å². The van der Waals surface area contributed by atoms with Crippen molar-refractivity contribution in [3.8, 4) is 17.1 Å². The average molecular weight is 385 g/mol. The number of para-hydroxylation sites is 1. The molecule has 1 atom stereocenters. The molecule has 0 radical (unpaired) electrons. The zero-order valence-corrected chi connectivity index (χ0v) is 14.5. The predicted octanol–water partition coefficient (Wildman–Crippen LogP) is 3.54. The molecule has 0 amide bonds. The molecule has 0 bridgehead atoms. The topological polar surface area (TPSA) is 70.1 Å². The van der Waals surface area contributed by atoms with E-state index >= 15 is 0 Å². The molecule has 122 valence electrons. The van der Waals surface area contributed by atoms with E-state index in [4.69, 9.17) is 4.98 Å². The maximum absolute atomic E-state index is 10.1. The van der Waals surface area contributed by atoms with E-state index in [2.05, 4.69) is 31.5 Å². The second kappa shape index (κ2) is 6.37. The zero-order valence-electron chi connectivity index (χ0n) is 13.0. The van der Waals surface area contributed by atoms with Crippen LogP contribution in [0, 0.1) is 0 Å². The van der Waals surface area contributed by atoms with Crippen LogP contribution in [-0.2, 0) is 0 Å². The van der Waals surface area contributed by atoms with Gasteiger partial charge in [-0.1, -0.05) is 28.1 Å². The fourth-order valence-corrected chi connectivity index (χ4v) is 3.33. The Hall–Kier alpha value is -2.18. The van der Waals surface area contributed by atoms with Crippen molar-refractivity contribution in [2.24, 2.45) is 0 Å². The first-order valence-electron chi connectivity index (χ1n) is 7.93. The maximum atomic E-state index is 10.1. The van der Waals surface area contributed by atoms with Crippen molar-refractivity contribution < 1.29 is 5.11 Å². The standard InChI is InChI=1S/C18H17BrN4O/c19-11-5-6-15-14(9-11)18(21-12-7-8-20-10-12)23-17(22-15)13-3-1-2-4-16(13)24/h1-6,9,12,20,24H,7-8,10H2,(H,21,22,23)/t12-/m0/s1. The number of phenolic OH excluding ortho intramolecular Hbond substituents is 1. The Morgan fingerprint density at radius 2 is 2.04 bits per heavy atom. The maximum Gasteiger partial charge on any atom is 0.165 e. The van der Waals surface area contributed by atoms with Crippen molar-refractivity contribution in [3.63, 3.8) is 0 Å². The monoisotopic (exact) mass is 384 g/mol. The van der Waals surface area contributed by atoms with E-state index in [9.17, 15) is 5.11 Å². The molecular formula is C18H17BrN4O. The van der Waals surface area contributed by atoms with E-state index in [1.807, 2.05) is 30.3 Å². The molecule has 1 aromatic heterocycles. The van der Waals surface area contributed by atoms with Gasteiger partial charge in [0.25, 0.3) is 0 Å². The average Bonchev–Trinajstić information content (AvgIpc) is 3.08. The summed E-state index contributed by atoms with van der Waals surface area (Å²) >= 11 is 3.52. The predicted molar refractivity (Wildman–Crippen MR) is 99.2 cm³/mol. The fourth-order valence-electron chi connectivity index (χ4n) is 2.97. The van der Waals surface area contributed by atoms with E-state index in [-0.39, 0.29) is 5.75 Å². The first-order valence-corrected chi connectivity index (χ1v) is 8.73. The fraction of sp³-hybridized carbons (Fsp3) is 0.222. The molecule has 2 aromatic carbocycles. The van der Waals surface area contributed by atoms with Crippen molar-refractivity contribution in [2.45, 2.75) is 12.5 Å². The lowest BCUT2D eigenvalue weighted by Gasteiger charge is -2.15. The molecule has 0 spiro atoms. The number of benzene rings is 2. The summed E-state index contributed by atoms with van der Waals surface area (Å²) in [6, 6.07) is 13.4. The van der Waals surface area contributed by atoms with Crippen LogP contribution >= 0.6 is 15.9 Å². The Balaban J connectivity index is 1.86. The first kappa shape index (κ1) is 15.4. The summed E-state index contributed by atoms with van der Waals surface area (Å²) in [6.07, 6.45) is 1.06. The Kier molecular flexibility index (Phi) is 4.08. The van der Waals surface area contributed by atoms with Crippen molar-refractivity contribution >= 4 is 32.7 Å². The molecule has 2 heterocycles. The summed E-state index contributed by atoms with van der Waals surface area (Å²) in [5.74, 6) is 1.51. The summed E-state index contributed by atoms with van der Waals surface area (Å²) in [5, 5.41) is 18.0. The molecule has 3 aromatic rings. The van der Waals surface area contributed by atoms with Crippen molar-refractivity contribution in [2.75, 3.05) is 18.4 Å². The molecule has 0 saturated carbocycles. The highest BCUT2D eigenvalue weighted by Crippen LogP contribution is 2.31. The molecule has 0 unspecified atom stereocenters. The Morgan fingerprint density at radius 3 is 2.83 bits per heavy atom. The minimum atomic E-state index is 0.183. The van der Waals surface area contributed by atoms with Crippen LogP contribution < -0.4 is 10.6 Å². The number of hydrogen-bond donors (Lipinski definition) is 3. The molecule has 1 saturated heterocycles. The summed E-state index contributed by atoms with van der Waals surface area (Å²) in [5.41, 5.74) is 1.48. The lowest BCUT2D eigenvalue weighted by atomic mass is 10.1. The number of nitrogens with zero attached hydrogens (tertiary/aromatic N) is 2. The molecule has 1 aliphatic heterocycles. The van der Waals surface area contributed by atoms with Gasteiger partial charge in [-0.25, -0.2) is 9.97 Å².